The van der Waals surface area contributed by atoms with Gasteiger partial charge in [0.2, 0.25) is 0 Å². The van der Waals surface area contributed by atoms with Crippen molar-refractivity contribution >= 4 is 5.96 Å². The summed E-state index contributed by atoms with van der Waals surface area (Å²) >= 11 is 0. The van der Waals surface area contributed by atoms with Crippen molar-refractivity contribution in [1.82, 2.24) is 10.2 Å². The van der Waals surface area contributed by atoms with Gasteiger partial charge < -0.3 is 15.0 Å². The van der Waals surface area contributed by atoms with Crippen LogP contribution < -0.4 is 5.32 Å². The van der Waals surface area contributed by atoms with Crippen molar-refractivity contribution in [3.63, 3.8) is 0 Å². The number of ether oxygens (including phenoxy) is 1. The highest BCUT2D eigenvalue weighted by molar-refractivity contribution is 5.80. The molecule has 1 unspecified atom stereocenters. The second-order valence-corrected chi connectivity index (χ2v) is 6.71. The lowest BCUT2D eigenvalue weighted by molar-refractivity contribution is 0.157. The maximum atomic E-state index is 5.27. The Morgan fingerprint density at radius 3 is 2.73 bits per heavy atom. The number of benzene rings is 1. The van der Waals surface area contributed by atoms with Gasteiger partial charge in [0.25, 0.3) is 0 Å². The summed E-state index contributed by atoms with van der Waals surface area (Å²) in [4.78, 5) is 6.79. The number of hydrogen-bond acceptors (Lipinski definition) is 2. The summed E-state index contributed by atoms with van der Waals surface area (Å²) in [5.41, 5.74) is 1.42. The van der Waals surface area contributed by atoms with Crippen molar-refractivity contribution in [2.24, 2.45) is 10.9 Å². The van der Waals surface area contributed by atoms with Crippen LogP contribution in [0.25, 0.3) is 0 Å². The maximum Gasteiger partial charge on any atom is 0.193 e. The number of methoxy groups -OCH3 is 1. The summed E-state index contributed by atoms with van der Waals surface area (Å²) in [5, 5.41) is 3.55. The molecule has 2 rings (SSSR count). The Labute approximate surface area is 134 Å². The van der Waals surface area contributed by atoms with Crippen LogP contribution in [0.2, 0.25) is 0 Å². The number of rotatable bonds is 5. The number of nitrogens with one attached hydrogen (secondary N) is 1. The van der Waals surface area contributed by atoms with E-state index >= 15 is 0 Å². The molecule has 0 radical (unpaired) electrons. The molecule has 1 saturated heterocycles. The van der Waals surface area contributed by atoms with Gasteiger partial charge in [-0.3, -0.25) is 4.99 Å². The number of nitrogens with zero attached hydrogens (tertiary/aromatic N) is 2. The summed E-state index contributed by atoms with van der Waals surface area (Å²) < 4.78 is 5.27. The molecule has 1 aromatic carbocycles. The van der Waals surface area contributed by atoms with Crippen molar-refractivity contribution < 1.29 is 4.74 Å². The quantitative estimate of drug-likeness (QED) is 0.671. The maximum absolute atomic E-state index is 5.27. The van der Waals surface area contributed by atoms with Gasteiger partial charge in [-0.05, 0) is 12.0 Å². The predicted octanol–water partition coefficient (Wildman–Crippen LogP) is 2.51. The number of hydrogen-bond donors (Lipinski definition) is 1. The van der Waals surface area contributed by atoms with Crippen LogP contribution in [0.3, 0.4) is 0 Å². The van der Waals surface area contributed by atoms with Gasteiger partial charge in [-0.2, -0.15) is 0 Å². The van der Waals surface area contributed by atoms with Crippen LogP contribution >= 0.6 is 0 Å². The zero-order chi connectivity index (χ0) is 16.0. The molecule has 0 saturated carbocycles. The Balaban J connectivity index is 1.92. The third-order valence-electron chi connectivity index (χ3n) is 4.44. The van der Waals surface area contributed by atoms with E-state index in [2.05, 4.69) is 59.4 Å². The van der Waals surface area contributed by atoms with E-state index in [4.69, 9.17) is 4.74 Å². The number of guanidine groups is 1. The topological polar surface area (TPSA) is 36.9 Å². The predicted molar refractivity (Wildman–Crippen MR) is 92.4 cm³/mol. The first-order valence-electron chi connectivity index (χ1n) is 8.07. The molecule has 4 heteroatoms. The Hall–Kier alpha value is -1.55. The van der Waals surface area contributed by atoms with Gasteiger partial charge in [-0.1, -0.05) is 44.2 Å². The Morgan fingerprint density at radius 1 is 1.36 bits per heavy atom. The SMILES string of the molecule is CN=C(NCC(C)(C)c1ccccc1)N1CCC(COC)C1. The minimum absolute atomic E-state index is 0.0723. The van der Waals surface area contributed by atoms with E-state index in [1.807, 2.05) is 7.05 Å². The van der Waals surface area contributed by atoms with E-state index in [0.29, 0.717) is 5.92 Å². The summed E-state index contributed by atoms with van der Waals surface area (Å²) in [7, 11) is 3.64. The molecule has 1 aliphatic rings. The van der Waals surface area contributed by atoms with Crippen LogP contribution in [0.15, 0.2) is 35.3 Å². The fourth-order valence-corrected chi connectivity index (χ4v) is 3.02. The summed E-state index contributed by atoms with van der Waals surface area (Å²) in [5.74, 6) is 1.62. The van der Waals surface area contributed by atoms with Crippen LogP contribution in [-0.2, 0) is 10.2 Å². The first kappa shape index (κ1) is 16.8. The first-order valence-corrected chi connectivity index (χ1v) is 8.07. The lowest BCUT2D eigenvalue weighted by Crippen LogP contribution is -2.45. The van der Waals surface area contributed by atoms with Crippen molar-refractivity contribution in [2.75, 3.05) is 40.4 Å². The lowest BCUT2D eigenvalue weighted by Gasteiger charge is -2.29. The van der Waals surface area contributed by atoms with E-state index in [1.165, 1.54) is 12.0 Å². The molecule has 22 heavy (non-hydrogen) atoms. The normalized spacial score (nSPS) is 19.5. The molecule has 1 aliphatic heterocycles. The molecular weight excluding hydrogens is 274 g/mol. The first-order chi connectivity index (χ1) is 10.6. The fraction of sp³-hybridized carbons (Fsp3) is 0.611. The van der Waals surface area contributed by atoms with Crippen LogP contribution in [0.1, 0.15) is 25.8 Å². The van der Waals surface area contributed by atoms with Crippen molar-refractivity contribution in [3.05, 3.63) is 35.9 Å². The van der Waals surface area contributed by atoms with Crippen LogP contribution in [0, 0.1) is 5.92 Å². The van der Waals surface area contributed by atoms with Gasteiger partial charge in [0.15, 0.2) is 5.96 Å². The molecule has 1 N–H and O–H groups in total. The zero-order valence-corrected chi connectivity index (χ0v) is 14.3. The number of likely N-dealkylation sites (tertiary alicyclic amines) is 1. The van der Waals surface area contributed by atoms with Gasteiger partial charge >= 0.3 is 0 Å². The van der Waals surface area contributed by atoms with E-state index in [1.54, 1.807) is 7.11 Å². The highest BCUT2D eigenvalue weighted by atomic mass is 16.5. The zero-order valence-electron chi connectivity index (χ0n) is 14.3. The highest BCUT2D eigenvalue weighted by Gasteiger charge is 2.26. The molecule has 1 atom stereocenters. The largest absolute Gasteiger partial charge is 0.384 e. The number of aliphatic imine (C=N–C) groups is 1. The Morgan fingerprint density at radius 2 is 2.09 bits per heavy atom. The Kier molecular flexibility index (Phi) is 5.83. The van der Waals surface area contributed by atoms with E-state index < -0.39 is 0 Å². The second-order valence-electron chi connectivity index (χ2n) is 6.71. The van der Waals surface area contributed by atoms with Crippen LogP contribution in [0.5, 0.6) is 0 Å². The third kappa shape index (κ3) is 4.23. The molecule has 0 amide bonds. The molecule has 1 aromatic rings. The summed E-state index contributed by atoms with van der Waals surface area (Å²) in [6.07, 6.45) is 1.18. The van der Waals surface area contributed by atoms with Gasteiger partial charge in [-0.25, -0.2) is 0 Å². The average molecular weight is 303 g/mol. The molecule has 4 nitrogen and oxygen atoms in total. The van der Waals surface area contributed by atoms with Crippen LogP contribution in [0.4, 0.5) is 0 Å². The van der Waals surface area contributed by atoms with Crippen molar-refractivity contribution in [1.29, 1.82) is 0 Å². The molecular formula is C18H29N3O. The fourth-order valence-electron chi connectivity index (χ4n) is 3.02. The van der Waals surface area contributed by atoms with Gasteiger partial charge in [0, 0.05) is 45.1 Å². The standard InChI is InChI=1S/C18H29N3O/c1-18(2,16-8-6-5-7-9-16)14-20-17(19-3)21-11-10-15(12-21)13-22-4/h5-9,15H,10-14H2,1-4H3,(H,19,20). The van der Waals surface area contributed by atoms with Gasteiger partial charge in [0.1, 0.15) is 0 Å². The van der Waals surface area contributed by atoms with Crippen molar-refractivity contribution in [2.45, 2.75) is 25.7 Å². The summed E-state index contributed by atoms with van der Waals surface area (Å²) in [6, 6.07) is 10.6. The highest BCUT2D eigenvalue weighted by Crippen LogP contribution is 2.22. The smallest absolute Gasteiger partial charge is 0.193 e. The van der Waals surface area contributed by atoms with Gasteiger partial charge in [0.05, 0.1) is 6.61 Å². The molecule has 0 aliphatic carbocycles. The van der Waals surface area contributed by atoms with E-state index in [-0.39, 0.29) is 5.41 Å². The molecule has 122 valence electrons. The minimum atomic E-state index is 0.0723. The Bertz CT molecular complexity index is 484. The van der Waals surface area contributed by atoms with Crippen molar-refractivity contribution in [3.8, 4) is 0 Å². The monoisotopic (exact) mass is 303 g/mol. The average Bonchev–Trinajstić information content (AvgIpc) is 2.98. The summed E-state index contributed by atoms with van der Waals surface area (Å²) in [6.45, 7) is 8.32. The molecule has 0 bridgehead atoms. The van der Waals surface area contributed by atoms with Gasteiger partial charge in [-0.15, -0.1) is 0 Å². The van der Waals surface area contributed by atoms with E-state index in [0.717, 1.165) is 32.2 Å². The van der Waals surface area contributed by atoms with Crippen LogP contribution in [-0.4, -0.2) is 51.3 Å². The molecule has 0 aromatic heterocycles. The molecule has 0 spiro atoms. The molecule has 1 heterocycles. The second kappa shape index (κ2) is 7.63. The van der Waals surface area contributed by atoms with E-state index in [9.17, 15) is 0 Å². The molecule has 1 fully saturated rings. The third-order valence-corrected chi connectivity index (χ3v) is 4.44. The minimum Gasteiger partial charge on any atom is -0.384 e. The lowest BCUT2D eigenvalue weighted by atomic mass is 9.85.